The van der Waals surface area contributed by atoms with E-state index in [1.54, 1.807) is 0 Å². The zero-order valence-electron chi connectivity index (χ0n) is 12.3. The molecule has 0 bridgehead atoms. The summed E-state index contributed by atoms with van der Waals surface area (Å²) in [5.74, 6) is 2.47. The number of benzene rings is 1. The van der Waals surface area contributed by atoms with Crippen molar-refractivity contribution in [3.8, 4) is 11.5 Å². The Morgan fingerprint density at radius 2 is 2.10 bits per heavy atom. The maximum absolute atomic E-state index is 5.71. The van der Waals surface area contributed by atoms with Gasteiger partial charge in [0.2, 0.25) is 11.8 Å². The van der Waals surface area contributed by atoms with Gasteiger partial charge in [-0.25, -0.2) is 0 Å². The lowest BCUT2D eigenvalue weighted by molar-refractivity contribution is 0.440. The van der Waals surface area contributed by atoms with Gasteiger partial charge in [-0.05, 0) is 37.1 Å². The van der Waals surface area contributed by atoms with E-state index in [-0.39, 0.29) is 0 Å². The Labute approximate surface area is 129 Å². The number of nitrogens with one attached hydrogen (secondary N) is 1. The van der Waals surface area contributed by atoms with Crippen LogP contribution < -0.4 is 5.32 Å². The van der Waals surface area contributed by atoms with E-state index in [1.807, 2.05) is 30.3 Å². The lowest BCUT2D eigenvalue weighted by Crippen LogP contribution is -2.26. The summed E-state index contributed by atoms with van der Waals surface area (Å²) in [5, 5.41) is 12.6. The van der Waals surface area contributed by atoms with Crippen LogP contribution in [0, 0.1) is 0 Å². The Hall–Kier alpha value is -1.33. The van der Waals surface area contributed by atoms with Crippen LogP contribution in [0.25, 0.3) is 11.5 Å². The molecule has 0 spiro atoms. The molecule has 1 aromatic carbocycles. The van der Waals surface area contributed by atoms with Crippen LogP contribution in [0.15, 0.2) is 34.7 Å². The minimum Gasteiger partial charge on any atom is -0.419 e. The molecule has 0 aliphatic heterocycles. The lowest BCUT2D eigenvalue weighted by Gasteiger charge is -2.11. The van der Waals surface area contributed by atoms with Crippen LogP contribution in [-0.4, -0.2) is 27.2 Å². The molecule has 1 heterocycles. The van der Waals surface area contributed by atoms with Crippen LogP contribution in [0.5, 0.6) is 0 Å². The normalized spacial score (nSPS) is 21.8. The fraction of sp³-hybridized carbons (Fsp3) is 0.500. The molecule has 0 amide bonds. The van der Waals surface area contributed by atoms with E-state index < -0.39 is 0 Å². The molecule has 2 aromatic rings. The smallest absolute Gasteiger partial charge is 0.247 e. The summed E-state index contributed by atoms with van der Waals surface area (Å²) in [5.41, 5.74) is 0.969. The maximum Gasteiger partial charge on any atom is 0.247 e. The molecule has 2 atom stereocenters. The summed E-state index contributed by atoms with van der Waals surface area (Å²) in [4.78, 5) is 0. The Bertz CT molecular complexity index is 558. The molecular weight excluding hydrogens is 282 g/mol. The van der Waals surface area contributed by atoms with Crippen molar-refractivity contribution >= 4 is 11.8 Å². The van der Waals surface area contributed by atoms with Gasteiger partial charge in [-0.2, -0.15) is 11.8 Å². The highest BCUT2D eigenvalue weighted by Gasteiger charge is 2.24. The van der Waals surface area contributed by atoms with Crippen LogP contribution >= 0.6 is 11.8 Å². The van der Waals surface area contributed by atoms with E-state index in [9.17, 15) is 0 Å². The molecule has 112 valence electrons. The minimum absolute atomic E-state index is 0.584. The van der Waals surface area contributed by atoms with E-state index >= 15 is 0 Å². The lowest BCUT2D eigenvalue weighted by atomic mass is 10.2. The Kier molecular flexibility index (Phi) is 4.93. The number of aromatic nitrogens is 2. The van der Waals surface area contributed by atoms with E-state index in [0.717, 1.165) is 10.8 Å². The third kappa shape index (κ3) is 3.86. The molecule has 1 aliphatic rings. The summed E-state index contributed by atoms with van der Waals surface area (Å²) in [7, 11) is 0. The molecule has 3 rings (SSSR count). The molecular formula is C16H21N3OS. The van der Waals surface area contributed by atoms with E-state index in [1.165, 1.54) is 25.0 Å². The van der Waals surface area contributed by atoms with Crippen molar-refractivity contribution in [2.75, 3.05) is 5.75 Å². The summed E-state index contributed by atoms with van der Waals surface area (Å²) >= 11 is 2.07. The summed E-state index contributed by atoms with van der Waals surface area (Å²) < 4.78 is 5.71. The van der Waals surface area contributed by atoms with Gasteiger partial charge < -0.3 is 9.73 Å². The van der Waals surface area contributed by atoms with Crippen LogP contribution in [-0.2, 0) is 6.54 Å². The van der Waals surface area contributed by atoms with Gasteiger partial charge in [-0.3, -0.25) is 0 Å². The van der Waals surface area contributed by atoms with Crippen LogP contribution in [0.1, 0.15) is 32.1 Å². The number of hydrogen-bond donors (Lipinski definition) is 1. The number of thioether (sulfide) groups is 1. The third-order valence-corrected chi connectivity index (χ3v) is 5.05. The number of rotatable bonds is 6. The first kappa shape index (κ1) is 14.6. The first-order valence-corrected chi connectivity index (χ1v) is 8.63. The van der Waals surface area contributed by atoms with E-state index in [2.05, 4.69) is 34.2 Å². The molecule has 1 aliphatic carbocycles. The highest BCUT2D eigenvalue weighted by atomic mass is 32.2. The molecule has 4 nitrogen and oxygen atoms in total. The van der Waals surface area contributed by atoms with Gasteiger partial charge in [-0.1, -0.05) is 25.1 Å². The molecule has 2 unspecified atom stereocenters. The molecule has 1 saturated carbocycles. The Morgan fingerprint density at radius 1 is 1.24 bits per heavy atom. The zero-order chi connectivity index (χ0) is 14.5. The first-order valence-electron chi connectivity index (χ1n) is 7.58. The Morgan fingerprint density at radius 3 is 2.90 bits per heavy atom. The van der Waals surface area contributed by atoms with Gasteiger partial charge in [0.05, 0.1) is 6.54 Å². The molecule has 1 fully saturated rings. The largest absolute Gasteiger partial charge is 0.419 e. The van der Waals surface area contributed by atoms with Gasteiger partial charge in [0.15, 0.2) is 0 Å². The summed E-state index contributed by atoms with van der Waals surface area (Å²) in [6.07, 6.45) is 3.81. The van der Waals surface area contributed by atoms with Crippen molar-refractivity contribution < 1.29 is 4.42 Å². The van der Waals surface area contributed by atoms with Crippen LogP contribution in [0.4, 0.5) is 0 Å². The number of nitrogens with zero attached hydrogens (tertiary/aromatic N) is 2. The second-order valence-corrected chi connectivity index (χ2v) is 6.91. The average molecular weight is 303 g/mol. The van der Waals surface area contributed by atoms with Crippen molar-refractivity contribution in [3.63, 3.8) is 0 Å². The zero-order valence-corrected chi connectivity index (χ0v) is 13.1. The topological polar surface area (TPSA) is 51.0 Å². The van der Waals surface area contributed by atoms with Crippen molar-refractivity contribution in [3.05, 3.63) is 36.2 Å². The number of hydrogen-bond acceptors (Lipinski definition) is 5. The average Bonchev–Trinajstić information content (AvgIpc) is 3.16. The molecule has 0 saturated heterocycles. The highest BCUT2D eigenvalue weighted by Crippen LogP contribution is 2.29. The van der Waals surface area contributed by atoms with Crippen LogP contribution in [0.3, 0.4) is 0 Å². The minimum atomic E-state index is 0.584. The van der Waals surface area contributed by atoms with Gasteiger partial charge in [-0.15, -0.1) is 10.2 Å². The second kappa shape index (κ2) is 7.09. The van der Waals surface area contributed by atoms with Gasteiger partial charge in [0.1, 0.15) is 0 Å². The molecule has 1 N–H and O–H groups in total. The fourth-order valence-electron chi connectivity index (χ4n) is 2.77. The monoisotopic (exact) mass is 303 g/mol. The molecule has 1 aromatic heterocycles. The highest BCUT2D eigenvalue weighted by molar-refractivity contribution is 7.99. The predicted octanol–water partition coefficient (Wildman–Crippen LogP) is 3.50. The van der Waals surface area contributed by atoms with Crippen molar-refractivity contribution in [2.24, 2.45) is 0 Å². The first-order chi connectivity index (χ1) is 10.3. The Balaban J connectivity index is 1.52. The van der Waals surface area contributed by atoms with E-state index in [4.69, 9.17) is 4.42 Å². The SMILES string of the molecule is CCSC1CCC(NCc2nnc(-c3ccccc3)o2)C1. The summed E-state index contributed by atoms with van der Waals surface area (Å²) in [6.45, 7) is 2.89. The fourth-order valence-corrected chi connectivity index (χ4v) is 3.91. The molecule has 5 heteroatoms. The van der Waals surface area contributed by atoms with Crippen molar-refractivity contribution in [1.82, 2.24) is 15.5 Å². The van der Waals surface area contributed by atoms with Gasteiger partial charge in [0.25, 0.3) is 0 Å². The van der Waals surface area contributed by atoms with Gasteiger partial charge in [0, 0.05) is 16.9 Å². The molecule has 21 heavy (non-hydrogen) atoms. The third-order valence-electron chi connectivity index (χ3n) is 3.82. The van der Waals surface area contributed by atoms with Crippen molar-refractivity contribution in [2.45, 2.75) is 44.0 Å². The van der Waals surface area contributed by atoms with Crippen LogP contribution in [0.2, 0.25) is 0 Å². The van der Waals surface area contributed by atoms with E-state index in [0.29, 0.717) is 24.4 Å². The van der Waals surface area contributed by atoms with Gasteiger partial charge >= 0.3 is 0 Å². The maximum atomic E-state index is 5.71. The predicted molar refractivity (Wildman–Crippen MR) is 86.1 cm³/mol. The van der Waals surface area contributed by atoms with Crippen molar-refractivity contribution in [1.29, 1.82) is 0 Å². The summed E-state index contributed by atoms with van der Waals surface area (Å²) in [6, 6.07) is 10.5. The quantitative estimate of drug-likeness (QED) is 0.885. The standard InChI is InChI=1S/C16H21N3OS/c1-2-21-14-9-8-13(10-14)17-11-15-18-19-16(20-15)12-6-4-3-5-7-12/h3-7,13-14,17H,2,8-11H2,1H3. The second-order valence-electron chi connectivity index (χ2n) is 5.34. The molecule has 0 radical (unpaired) electrons.